The second-order valence-corrected chi connectivity index (χ2v) is 11.0. The summed E-state index contributed by atoms with van der Waals surface area (Å²) >= 11 is 0. The maximum atomic E-state index is 13.6. The van der Waals surface area contributed by atoms with Crippen LogP contribution in [0.3, 0.4) is 0 Å². The lowest BCUT2D eigenvalue weighted by atomic mass is 9.84. The number of hydrogen-bond acceptors (Lipinski definition) is 5. The van der Waals surface area contributed by atoms with E-state index < -0.39 is 5.60 Å². The van der Waals surface area contributed by atoms with Gasteiger partial charge in [-0.15, -0.1) is 0 Å². The molecule has 190 valence electrons. The lowest BCUT2D eigenvalue weighted by Crippen LogP contribution is -2.44. The van der Waals surface area contributed by atoms with Crippen LogP contribution in [0.2, 0.25) is 0 Å². The number of fused-ring (bicyclic) bond motifs is 5. The largest absolute Gasteiger partial charge is 0.496 e. The van der Waals surface area contributed by atoms with Gasteiger partial charge in [0, 0.05) is 16.5 Å². The Morgan fingerprint density at radius 1 is 1.31 bits per heavy atom. The summed E-state index contributed by atoms with van der Waals surface area (Å²) in [5.74, 6) is 1.17. The molecule has 2 aliphatic heterocycles. The third kappa shape index (κ3) is 3.40. The quantitative estimate of drug-likeness (QED) is 0.421. The number of pyridine rings is 2. The van der Waals surface area contributed by atoms with Gasteiger partial charge in [-0.2, -0.15) is 0 Å². The number of benzene rings is 1. The summed E-state index contributed by atoms with van der Waals surface area (Å²) in [6.45, 7) is 13.6. The third-order valence-corrected chi connectivity index (χ3v) is 8.39. The number of methoxy groups -OCH3 is 1. The molecule has 0 saturated carbocycles. The smallest absolute Gasteiger partial charge is 0.258 e. The number of aromatic nitrogens is 2. The molecule has 0 bridgehead atoms. The van der Waals surface area contributed by atoms with E-state index in [1.54, 1.807) is 11.7 Å². The van der Waals surface area contributed by atoms with Gasteiger partial charge in [-0.25, -0.2) is 4.98 Å². The Morgan fingerprint density at radius 3 is 2.67 bits per heavy atom. The Balaban J connectivity index is 1.75. The molecule has 2 aromatic heterocycles. The summed E-state index contributed by atoms with van der Waals surface area (Å²) < 4.78 is 14.1. The highest BCUT2D eigenvalue weighted by atomic mass is 16.5. The predicted molar refractivity (Wildman–Crippen MR) is 141 cm³/mol. The normalized spacial score (nSPS) is 18.8. The molecule has 0 spiro atoms. The lowest BCUT2D eigenvalue weighted by Gasteiger charge is -2.35. The molecule has 5 rings (SSSR count). The van der Waals surface area contributed by atoms with Crippen LogP contribution in [-0.4, -0.2) is 46.4 Å². The van der Waals surface area contributed by atoms with Crippen LogP contribution in [0.15, 0.2) is 35.3 Å². The average Bonchev–Trinajstić information content (AvgIpc) is 3.18. The highest BCUT2D eigenvalue weighted by Gasteiger charge is 2.41. The van der Waals surface area contributed by atoms with Crippen LogP contribution in [0.5, 0.6) is 5.75 Å². The SMILES string of the molecule is C=C1OCc2c(cc3n(c2=O)Cc2cc4c(C[N+](C)(C)C(C)C)c(OC)c(C)cc4nc2-3)[C@@]1(O)CC. The molecule has 0 unspecified atom stereocenters. The summed E-state index contributed by atoms with van der Waals surface area (Å²) in [6, 6.07) is 6.57. The average molecular weight is 491 g/mol. The zero-order chi connectivity index (χ0) is 26.2. The van der Waals surface area contributed by atoms with Gasteiger partial charge >= 0.3 is 0 Å². The van der Waals surface area contributed by atoms with Gasteiger partial charge in [0.25, 0.3) is 5.56 Å². The van der Waals surface area contributed by atoms with Gasteiger partial charge in [0.05, 0.1) is 61.8 Å². The summed E-state index contributed by atoms with van der Waals surface area (Å²) in [7, 11) is 6.17. The number of nitrogens with zero attached hydrogens (tertiary/aromatic N) is 3. The first-order chi connectivity index (χ1) is 16.9. The first-order valence-electron chi connectivity index (χ1n) is 12.6. The first kappa shape index (κ1) is 24.5. The van der Waals surface area contributed by atoms with E-state index in [2.05, 4.69) is 46.7 Å². The zero-order valence-corrected chi connectivity index (χ0v) is 22.4. The van der Waals surface area contributed by atoms with Crippen molar-refractivity contribution in [2.24, 2.45) is 0 Å². The number of aliphatic hydroxyl groups is 1. The van der Waals surface area contributed by atoms with Crippen molar-refractivity contribution in [3.05, 3.63) is 68.7 Å². The van der Waals surface area contributed by atoms with Crippen LogP contribution in [0.25, 0.3) is 22.3 Å². The summed E-state index contributed by atoms with van der Waals surface area (Å²) in [5, 5.41) is 12.4. The minimum atomic E-state index is -1.39. The third-order valence-electron chi connectivity index (χ3n) is 8.39. The molecule has 3 aromatic rings. The maximum Gasteiger partial charge on any atom is 0.258 e. The second kappa shape index (κ2) is 8.18. The number of aryl methyl sites for hydroxylation is 1. The van der Waals surface area contributed by atoms with Crippen LogP contribution < -0.4 is 10.3 Å². The molecule has 36 heavy (non-hydrogen) atoms. The predicted octanol–water partition coefficient (Wildman–Crippen LogP) is 4.37. The van der Waals surface area contributed by atoms with Gasteiger partial charge in [0.1, 0.15) is 30.3 Å². The van der Waals surface area contributed by atoms with E-state index in [1.165, 1.54) is 0 Å². The zero-order valence-electron chi connectivity index (χ0n) is 22.4. The number of ether oxygens (including phenoxy) is 2. The minimum Gasteiger partial charge on any atom is -0.496 e. The number of quaternary nitrogens is 1. The fraction of sp³-hybridized carbons (Fsp3) is 0.448. The molecule has 0 amide bonds. The molecule has 1 aromatic carbocycles. The molecule has 7 nitrogen and oxygen atoms in total. The Bertz CT molecular complexity index is 1480. The molecule has 0 saturated heterocycles. The Kier molecular flexibility index (Phi) is 5.57. The Hall–Kier alpha value is -3.16. The molecule has 0 aliphatic carbocycles. The Morgan fingerprint density at radius 2 is 2.03 bits per heavy atom. The van der Waals surface area contributed by atoms with E-state index in [-0.39, 0.29) is 17.9 Å². The van der Waals surface area contributed by atoms with Crippen LogP contribution >= 0.6 is 0 Å². The Labute approximate surface area is 212 Å². The van der Waals surface area contributed by atoms with Crippen LogP contribution in [-0.2, 0) is 30.0 Å². The van der Waals surface area contributed by atoms with Gasteiger partial charge in [-0.05, 0) is 51.0 Å². The van der Waals surface area contributed by atoms with E-state index >= 15 is 0 Å². The van der Waals surface area contributed by atoms with Crippen LogP contribution in [0.4, 0.5) is 0 Å². The number of hydrogen-bond donors (Lipinski definition) is 1. The topological polar surface area (TPSA) is 73.6 Å². The van der Waals surface area contributed by atoms with Gasteiger partial charge < -0.3 is 23.6 Å². The maximum absolute atomic E-state index is 13.6. The van der Waals surface area contributed by atoms with E-state index in [0.29, 0.717) is 30.1 Å². The van der Waals surface area contributed by atoms with Crippen molar-refractivity contribution >= 4 is 10.9 Å². The number of rotatable bonds is 5. The second-order valence-electron chi connectivity index (χ2n) is 11.0. The van der Waals surface area contributed by atoms with E-state index in [0.717, 1.165) is 55.8 Å². The standard InChI is InChI=1S/C29H36N3O4/c1-9-29(34)18(5)36-15-22-23(29)12-25-26-19(13-31(25)28(22)33)11-20-21(14-32(6,7)16(2)3)27(35-8)17(4)10-24(20)30-26/h10-12,16,34H,5,9,13-15H2,1-4,6-8H3/q+1/t29-/m1/s1. The monoisotopic (exact) mass is 490 g/mol. The van der Waals surface area contributed by atoms with Crippen molar-refractivity contribution in [3.8, 4) is 17.1 Å². The summed E-state index contributed by atoms with van der Waals surface area (Å²) in [4.78, 5) is 18.6. The van der Waals surface area contributed by atoms with E-state index in [4.69, 9.17) is 14.5 Å². The van der Waals surface area contributed by atoms with Crippen molar-refractivity contribution in [1.82, 2.24) is 9.55 Å². The van der Waals surface area contributed by atoms with Crippen molar-refractivity contribution < 1.29 is 19.1 Å². The first-order valence-corrected chi connectivity index (χ1v) is 12.6. The molecule has 1 atom stereocenters. The van der Waals surface area contributed by atoms with Crippen LogP contribution in [0, 0.1) is 6.92 Å². The van der Waals surface area contributed by atoms with Crippen molar-refractivity contribution in [1.29, 1.82) is 0 Å². The molecule has 4 heterocycles. The molecule has 1 N–H and O–H groups in total. The molecular weight excluding hydrogens is 454 g/mol. The van der Waals surface area contributed by atoms with Gasteiger partial charge in [0.15, 0.2) is 0 Å². The molecule has 0 radical (unpaired) electrons. The summed E-state index contributed by atoms with van der Waals surface area (Å²) in [6.07, 6.45) is 0.367. The molecule has 0 fully saturated rings. The van der Waals surface area contributed by atoms with Crippen LogP contribution in [0.1, 0.15) is 55.0 Å². The molecule has 2 aliphatic rings. The van der Waals surface area contributed by atoms with Crippen molar-refractivity contribution in [3.63, 3.8) is 0 Å². The molecular formula is C29H36N3O4+. The minimum absolute atomic E-state index is 0.115. The summed E-state index contributed by atoms with van der Waals surface area (Å²) in [5.41, 5.74) is 5.08. The fourth-order valence-electron chi connectivity index (χ4n) is 5.46. The van der Waals surface area contributed by atoms with Crippen molar-refractivity contribution in [2.75, 3.05) is 21.2 Å². The van der Waals surface area contributed by atoms with Gasteiger partial charge in [-0.3, -0.25) is 4.79 Å². The van der Waals surface area contributed by atoms with Crippen molar-refractivity contribution in [2.45, 2.75) is 65.5 Å². The fourth-order valence-corrected chi connectivity index (χ4v) is 5.46. The highest BCUT2D eigenvalue weighted by molar-refractivity contribution is 5.89. The van der Waals surface area contributed by atoms with E-state index in [1.807, 2.05) is 19.9 Å². The highest BCUT2D eigenvalue weighted by Crippen LogP contribution is 2.43. The van der Waals surface area contributed by atoms with Gasteiger partial charge in [-0.1, -0.05) is 13.5 Å². The molecule has 7 heteroatoms. The lowest BCUT2D eigenvalue weighted by molar-refractivity contribution is -0.924. The van der Waals surface area contributed by atoms with E-state index in [9.17, 15) is 9.90 Å². The van der Waals surface area contributed by atoms with Gasteiger partial charge in [0.2, 0.25) is 0 Å².